The maximum absolute atomic E-state index is 12.5. The molecule has 2 aromatic carbocycles. The van der Waals surface area contributed by atoms with Crippen molar-refractivity contribution in [2.75, 3.05) is 0 Å². The van der Waals surface area contributed by atoms with Gasteiger partial charge in [-0.3, -0.25) is 29.8 Å². The lowest BCUT2D eigenvalue weighted by atomic mass is 10.1. The number of carbonyl (C=O) groups excluding carboxylic acids is 2. The standard InChI is InChI=1S/C21H20N4O3/c1-13-5-2-3-6-14(13)12-19(26)23-24-20(27)15-8-9-16-17(11-15)22-18-7-4-10-25(18)21(16)28/h2-3,5-6,8-9,11H,4,7,10,12H2,1H3,(H,23,26)(H,24,27). The van der Waals surface area contributed by atoms with Crippen molar-refractivity contribution in [2.24, 2.45) is 0 Å². The zero-order chi connectivity index (χ0) is 19.7. The summed E-state index contributed by atoms with van der Waals surface area (Å²) in [6, 6.07) is 12.4. The molecular formula is C21H20N4O3. The molecule has 2 N–H and O–H groups in total. The molecule has 28 heavy (non-hydrogen) atoms. The van der Waals surface area contributed by atoms with Crippen LogP contribution in [-0.4, -0.2) is 21.4 Å². The first-order valence-corrected chi connectivity index (χ1v) is 9.20. The van der Waals surface area contributed by atoms with Crippen LogP contribution in [0.4, 0.5) is 0 Å². The lowest BCUT2D eigenvalue weighted by Gasteiger charge is -2.10. The summed E-state index contributed by atoms with van der Waals surface area (Å²) in [5.74, 6) is -0.0124. The third-order valence-corrected chi connectivity index (χ3v) is 5.01. The number of aryl methyl sites for hydroxylation is 2. The van der Waals surface area contributed by atoms with Crippen LogP contribution in [0.2, 0.25) is 0 Å². The smallest absolute Gasteiger partial charge is 0.269 e. The summed E-state index contributed by atoms with van der Waals surface area (Å²) in [6.07, 6.45) is 1.84. The highest BCUT2D eigenvalue weighted by molar-refractivity contribution is 5.98. The van der Waals surface area contributed by atoms with E-state index < -0.39 is 5.91 Å². The van der Waals surface area contributed by atoms with Crippen molar-refractivity contribution < 1.29 is 9.59 Å². The van der Waals surface area contributed by atoms with Crippen molar-refractivity contribution >= 4 is 22.7 Å². The average Bonchev–Trinajstić information content (AvgIpc) is 3.16. The molecule has 4 rings (SSSR count). The number of fused-ring (bicyclic) bond motifs is 2. The van der Waals surface area contributed by atoms with Crippen molar-refractivity contribution in [1.82, 2.24) is 20.4 Å². The Balaban J connectivity index is 1.47. The van der Waals surface area contributed by atoms with Gasteiger partial charge in [0.05, 0.1) is 17.3 Å². The van der Waals surface area contributed by atoms with Gasteiger partial charge in [-0.1, -0.05) is 24.3 Å². The predicted octanol–water partition coefficient (Wildman–Crippen LogP) is 1.65. The number of hydrazine groups is 1. The molecule has 0 saturated heterocycles. The lowest BCUT2D eigenvalue weighted by Crippen LogP contribution is -2.42. The highest BCUT2D eigenvalue weighted by atomic mass is 16.2. The molecule has 3 aromatic rings. The number of aromatic nitrogens is 2. The topological polar surface area (TPSA) is 93.1 Å². The van der Waals surface area contributed by atoms with Crippen LogP contribution in [0.1, 0.15) is 33.7 Å². The molecule has 7 heteroatoms. The second-order valence-electron chi connectivity index (χ2n) is 6.93. The molecule has 0 fully saturated rings. The number of hydrogen-bond donors (Lipinski definition) is 2. The zero-order valence-electron chi connectivity index (χ0n) is 15.5. The fraction of sp³-hybridized carbons (Fsp3) is 0.238. The van der Waals surface area contributed by atoms with Gasteiger partial charge in [0, 0.05) is 18.5 Å². The fourth-order valence-electron chi connectivity index (χ4n) is 3.45. The average molecular weight is 376 g/mol. The van der Waals surface area contributed by atoms with Crippen molar-refractivity contribution in [3.8, 4) is 0 Å². The second-order valence-corrected chi connectivity index (χ2v) is 6.93. The van der Waals surface area contributed by atoms with Gasteiger partial charge in [0.25, 0.3) is 11.5 Å². The van der Waals surface area contributed by atoms with E-state index in [0.29, 0.717) is 23.0 Å². The molecule has 2 heterocycles. The summed E-state index contributed by atoms with van der Waals surface area (Å²) >= 11 is 0. The van der Waals surface area contributed by atoms with Crippen LogP contribution in [0.5, 0.6) is 0 Å². The summed E-state index contributed by atoms with van der Waals surface area (Å²) in [6.45, 7) is 2.62. The first kappa shape index (κ1) is 17.9. The first-order chi connectivity index (χ1) is 13.5. The molecule has 0 saturated carbocycles. The van der Waals surface area contributed by atoms with Crippen LogP contribution in [-0.2, 0) is 24.2 Å². The van der Waals surface area contributed by atoms with Crippen molar-refractivity contribution in [3.63, 3.8) is 0 Å². The third kappa shape index (κ3) is 3.38. The van der Waals surface area contributed by atoms with Gasteiger partial charge in [0.1, 0.15) is 5.82 Å². The van der Waals surface area contributed by atoms with Crippen molar-refractivity contribution in [2.45, 2.75) is 32.7 Å². The largest absolute Gasteiger partial charge is 0.296 e. The summed E-state index contributed by atoms with van der Waals surface area (Å²) < 4.78 is 1.69. The maximum Gasteiger partial charge on any atom is 0.269 e. The van der Waals surface area contributed by atoms with Gasteiger partial charge >= 0.3 is 0 Å². The Kier molecular flexibility index (Phi) is 4.65. The minimum Gasteiger partial charge on any atom is -0.296 e. The molecule has 0 unspecified atom stereocenters. The molecule has 1 aliphatic rings. The summed E-state index contributed by atoms with van der Waals surface area (Å²) in [5.41, 5.74) is 7.53. The van der Waals surface area contributed by atoms with Gasteiger partial charge in [-0.05, 0) is 42.7 Å². The molecule has 0 radical (unpaired) electrons. The second kappa shape index (κ2) is 7.26. The van der Waals surface area contributed by atoms with Crippen LogP contribution >= 0.6 is 0 Å². The molecule has 0 bridgehead atoms. The maximum atomic E-state index is 12.5. The molecule has 0 aliphatic carbocycles. The van der Waals surface area contributed by atoms with Gasteiger partial charge in [-0.25, -0.2) is 4.98 Å². The van der Waals surface area contributed by atoms with E-state index in [1.807, 2.05) is 31.2 Å². The molecule has 0 atom stereocenters. The van der Waals surface area contributed by atoms with E-state index in [1.54, 1.807) is 22.8 Å². The number of carbonyl (C=O) groups is 2. The van der Waals surface area contributed by atoms with E-state index in [0.717, 1.165) is 29.8 Å². The highest BCUT2D eigenvalue weighted by Crippen LogP contribution is 2.16. The van der Waals surface area contributed by atoms with E-state index in [-0.39, 0.29) is 17.9 Å². The van der Waals surface area contributed by atoms with Gasteiger partial charge in [-0.2, -0.15) is 0 Å². The SMILES string of the molecule is Cc1ccccc1CC(=O)NNC(=O)c1ccc2c(=O)n3c(nc2c1)CCC3. The molecular weight excluding hydrogens is 356 g/mol. The number of benzene rings is 2. The Morgan fingerprint density at radius 3 is 2.79 bits per heavy atom. The molecule has 0 spiro atoms. The van der Waals surface area contributed by atoms with Gasteiger partial charge < -0.3 is 0 Å². The Morgan fingerprint density at radius 1 is 1.14 bits per heavy atom. The molecule has 1 aromatic heterocycles. The lowest BCUT2D eigenvalue weighted by molar-refractivity contribution is -0.121. The predicted molar refractivity (Wildman–Crippen MR) is 105 cm³/mol. The zero-order valence-corrected chi connectivity index (χ0v) is 15.5. The van der Waals surface area contributed by atoms with E-state index in [9.17, 15) is 14.4 Å². The Bertz CT molecular complexity index is 1150. The van der Waals surface area contributed by atoms with Gasteiger partial charge in [-0.15, -0.1) is 0 Å². The third-order valence-electron chi connectivity index (χ3n) is 5.01. The number of nitrogens with zero attached hydrogens (tertiary/aromatic N) is 2. The van der Waals surface area contributed by atoms with Crippen LogP contribution in [0.3, 0.4) is 0 Å². The first-order valence-electron chi connectivity index (χ1n) is 9.20. The number of nitrogens with one attached hydrogen (secondary N) is 2. The molecule has 142 valence electrons. The highest BCUT2D eigenvalue weighted by Gasteiger charge is 2.17. The number of amides is 2. The molecule has 1 aliphatic heterocycles. The van der Waals surface area contributed by atoms with Crippen molar-refractivity contribution in [1.29, 1.82) is 0 Å². The number of hydrogen-bond acceptors (Lipinski definition) is 4. The minimum atomic E-state index is -0.456. The normalized spacial score (nSPS) is 12.6. The summed E-state index contributed by atoms with van der Waals surface area (Å²) in [4.78, 5) is 41.5. The van der Waals surface area contributed by atoms with Crippen LogP contribution in [0, 0.1) is 6.92 Å². The van der Waals surface area contributed by atoms with Gasteiger partial charge in [0.2, 0.25) is 5.91 Å². The van der Waals surface area contributed by atoms with Crippen LogP contribution in [0.25, 0.3) is 10.9 Å². The summed E-state index contributed by atoms with van der Waals surface area (Å²) in [7, 11) is 0. The Morgan fingerprint density at radius 2 is 1.96 bits per heavy atom. The summed E-state index contributed by atoms with van der Waals surface area (Å²) in [5, 5.41) is 0.491. The van der Waals surface area contributed by atoms with Crippen molar-refractivity contribution in [3.05, 3.63) is 75.3 Å². The van der Waals surface area contributed by atoms with Crippen LogP contribution in [0.15, 0.2) is 47.3 Å². The van der Waals surface area contributed by atoms with E-state index in [2.05, 4.69) is 15.8 Å². The quantitative estimate of drug-likeness (QED) is 0.680. The van der Waals surface area contributed by atoms with Gasteiger partial charge in [0.15, 0.2) is 0 Å². The Labute approximate surface area is 161 Å². The van der Waals surface area contributed by atoms with Crippen LogP contribution < -0.4 is 16.4 Å². The van der Waals surface area contributed by atoms with E-state index in [1.165, 1.54) is 0 Å². The molecule has 7 nitrogen and oxygen atoms in total. The number of rotatable bonds is 3. The Hall–Kier alpha value is -3.48. The van der Waals surface area contributed by atoms with E-state index in [4.69, 9.17) is 0 Å². The monoisotopic (exact) mass is 376 g/mol. The van der Waals surface area contributed by atoms with E-state index >= 15 is 0 Å². The minimum absolute atomic E-state index is 0.0732. The molecule has 2 amide bonds. The fourth-order valence-corrected chi connectivity index (χ4v) is 3.45.